The summed E-state index contributed by atoms with van der Waals surface area (Å²) in [6.45, 7) is 0.556. The second-order valence-corrected chi connectivity index (χ2v) is 6.03. The number of nitrogens with one attached hydrogen (secondary N) is 1. The summed E-state index contributed by atoms with van der Waals surface area (Å²) in [5.74, 6) is 0.552. The van der Waals surface area contributed by atoms with Crippen LogP contribution in [-0.4, -0.2) is 35.1 Å². The number of carbonyl (C=O) groups is 1. The number of amides is 1. The zero-order valence-electron chi connectivity index (χ0n) is 13.3. The molecule has 1 N–H and O–H groups in total. The Hall–Kier alpha value is -2.27. The maximum Gasteiger partial charge on any atom is 0.251 e. The van der Waals surface area contributed by atoms with E-state index in [9.17, 15) is 4.79 Å². The van der Waals surface area contributed by atoms with Gasteiger partial charge in [-0.05, 0) is 31.0 Å². The highest BCUT2D eigenvalue weighted by Gasteiger charge is 2.35. The van der Waals surface area contributed by atoms with Gasteiger partial charge in [0.1, 0.15) is 0 Å². The van der Waals surface area contributed by atoms with Gasteiger partial charge in [0.05, 0.1) is 12.1 Å². The van der Waals surface area contributed by atoms with E-state index in [0.717, 1.165) is 31.2 Å². The molecule has 1 fully saturated rings. The highest BCUT2D eigenvalue weighted by molar-refractivity contribution is 5.95. The molecule has 120 valence electrons. The van der Waals surface area contributed by atoms with Crippen molar-refractivity contribution in [3.8, 4) is 11.4 Å². The Morgan fingerprint density at radius 2 is 1.96 bits per heavy atom. The molecule has 5 nitrogen and oxygen atoms in total. The van der Waals surface area contributed by atoms with Crippen molar-refractivity contribution < 1.29 is 9.53 Å². The predicted octanol–water partition coefficient (Wildman–Crippen LogP) is 2.83. The van der Waals surface area contributed by atoms with Crippen molar-refractivity contribution in [3.05, 3.63) is 48.3 Å². The van der Waals surface area contributed by atoms with Gasteiger partial charge in [-0.2, -0.15) is 0 Å². The molecule has 0 aliphatic heterocycles. The molecule has 0 unspecified atom stereocenters. The quantitative estimate of drug-likeness (QED) is 0.922. The van der Waals surface area contributed by atoms with E-state index >= 15 is 0 Å². The van der Waals surface area contributed by atoms with Crippen LogP contribution in [0.4, 0.5) is 0 Å². The predicted molar refractivity (Wildman–Crippen MR) is 88.0 cm³/mol. The highest BCUT2D eigenvalue weighted by atomic mass is 16.5. The van der Waals surface area contributed by atoms with Crippen LogP contribution >= 0.6 is 0 Å². The molecule has 0 saturated heterocycles. The lowest BCUT2D eigenvalue weighted by atomic mass is 9.98. The molecule has 0 bridgehead atoms. The summed E-state index contributed by atoms with van der Waals surface area (Å²) in [5, 5.41) is 3.18. The summed E-state index contributed by atoms with van der Waals surface area (Å²) in [6, 6.07) is 9.19. The van der Waals surface area contributed by atoms with Crippen LogP contribution in [0.5, 0.6) is 0 Å². The summed E-state index contributed by atoms with van der Waals surface area (Å²) >= 11 is 0. The minimum absolute atomic E-state index is 0.0678. The fourth-order valence-electron chi connectivity index (χ4n) is 3.19. The lowest BCUT2D eigenvalue weighted by Gasteiger charge is -2.29. The van der Waals surface area contributed by atoms with Crippen molar-refractivity contribution in [2.75, 3.05) is 13.7 Å². The van der Waals surface area contributed by atoms with Crippen molar-refractivity contribution in [2.24, 2.45) is 0 Å². The summed E-state index contributed by atoms with van der Waals surface area (Å²) in [6.07, 6.45) is 7.58. The number of aromatic nitrogens is 2. The molecule has 1 aliphatic rings. The van der Waals surface area contributed by atoms with E-state index in [1.807, 2.05) is 24.3 Å². The van der Waals surface area contributed by atoms with Gasteiger partial charge in [0, 0.05) is 30.6 Å². The Balaban J connectivity index is 1.80. The lowest BCUT2D eigenvalue weighted by Crippen LogP contribution is -2.49. The number of hydrogen-bond donors (Lipinski definition) is 1. The molecule has 2 aromatic rings. The van der Waals surface area contributed by atoms with Gasteiger partial charge in [-0.1, -0.05) is 25.0 Å². The van der Waals surface area contributed by atoms with Crippen molar-refractivity contribution >= 4 is 5.91 Å². The van der Waals surface area contributed by atoms with Crippen LogP contribution in [0.25, 0.3) is 11.4 Å². The van der Waals surface area contributed by atoms with Crippen LogP contribution < -0.4 is 5.32 Å². The monoisotopic (exact) mass is 311 g/mol. The SMILES string of the molecule is COCC1(NC(=O)c2cccc(-c3ncccn3)c2)CCCC1. The first-order chi connectivity index (χ1) is 11.2. The molecule has 1 heterocycles. The molecule has 23 heavy (non-hydrogen) atoms. The number of carbonyl (C=O) groups excluding carboxylic acids is 1. The Bertz CT molecular complexity index is 667. The standard InChI is InChI=1S/C18H21N3O2/c1-23-13-18(8-2-3-9-18)21-17(22)15-7-4-6-14(12-15)16-19-10-5-11-20-16/h4-7,10-12H,2-3,8-9,13H2,1H3,(H,21,22). The van der Waals surface area contributed by atoms with E-state index in [2.05, 4.69) is 15.3 Å². The molecule has 3 rings (SSSR count). The van der Waals surface area contributed by atoms with Gasteiger partial charge in [-0.25, -0.2) is 9.97 Å². The molecule has 1 aromatic carbocycles. The third-order valence-electron chi connectivity index (χ3n) is 4.31. The second-order valence-electron chi connectivity index (χ2n) is 6.03. The zero-order chi connectivity index (χ0) is 16.1. The third kappa shape index (κ3) is 3.56. The fourth-order valence-corrected chi connectivity index (χ4v) is 3.19. The highest BCUT2D eigenvalue weighted by Crippen LogP contribution is 2.30. The molecule has 0 radical (unpaired) electrons. The lowest BCUT2D eigenvalue weighted by molar-refractivity contribution is 0.0767. The summed E-state index contributed by atoms with van der Waals surface area (Å²) in [5.41, 5.74) is 1.23. The number of methoxy groups -OCH3 is 1. The van der Waals surface area contributed by atoms with Crippen LogP contribution in [0.15, 0.2) is 42.7 Å². The van der Waals surface area contributed by atoms with Crippen molar-refractivity contribution in [2.45, 2.75) is 31.2 Å². The number of rotatable bonds is 5. The van der Waals surface area contributed by atoms with Gasteiger partial charge >= 0.3 is 0 Å². The molecule has 0 atom stereocenters. The first-order valence-corrected chi connectivity index (χ1v) is 7.91. The van der Waals surface area contributed by atoms with Gasteiger partial charge in [0.2, 0.25) is 0 Å². The maximum atomic E-state index is 12.7. The largest absolute Gasteiger partial charge is 0.382 e. The normalized spacial score (nSPS) is 16.2. The third-order valence-corrected chi connectivity index (χ3v) is 4.31. The zero-order valence-corrected chi connectivity index (χ0v) is 13.3. The van der Waals surface area contributed by atoms with E-state index in [0.29, 0.717) is 18.0 Å². The average Bonchev–Trinajstić information content (AvgIpc) is 3.04. The number of hydrogen-bond acceptors (Lipinski definition) is 4. The second kappa shape index (κ2) is 6.87. The smallest absolute Gasteiger partial charge is 0.251 e. The van der Waals surface area contributed by atoms with E-state index in [4.69, 9.17) is 4.74 Å². The first kappa shape index (κ1) is 15.6. The van der Waals surface area contributed by atoms with Crippen LogP contribution in [0.3, 0.4) is 0 Å². The van der Waals surface area contributed by atoms with Gasteiger partial charge in [0.15, 0.2) is 5.82 Å². The molecular formula is C18H21N3O2. The molecule has 1 saturated carbocycles. The molecule has 1 aliphatic carbocycles. The van der Waals surface area contributed by atoms with E-state index in [1.165, 1.54) is 0 Å². The van der Waals surface area contributed by atoms with E-state index in [1.54, 1.807) is 25.6 Å². The molecular weight excluding hydrogens is 290 g/mol. The fraction of sp³-hybridized carbons (Fsp3) is 0.389. The minimum atomic E-state index is -0.231. The van der Waals surface area contributed by atoms with Crippen LogP contribution in [0.1, 0.15) is 36.0 Å². The van der Waals surface area contributed by atoms with Crippen molar-refractivity contribution in [1.29, 1.82) is 0 Å². The first-order valence-electron chi connectivity index (χ1n) is 7.91. The summed E-state index contributed by atoms with van der Waals surface area (Å²) in [7, 11) is 1.68. The Morgan fingerprint density at radius 3 is 2.65 bits per heavy atom. The van der Waals surface area contributed by atoms with Crippen molar-refractivity contribution in [3.63, 3.8) is 0 Å². The number of nitrogens with zero attached hydrogens (tertiary/aromatic N) is 2. The van der Waals surface area contributed by atoms with E-state index in [-0.39, 0.29) is 11.4 Å². The Labute approximate surface area is 136 Å². The van der Waals surface area contributed by atoms with Gasteiger partial charge in [-0.15, -0.1) is 0 Å². The topological polar surface area (TPSA) is 64.1 Å². The Kier molecular flexibility index (Phi) is 4.67. The Morgan fingerprint density at radius 1 is 1.22 bits per heavy atom. The number of ether oxygens (including phenoxy) is 1. The van der Waals surface area contributed by atoms with Crippen LogP contribution in [-0.2, 0) is 4.74 Å². The molecule has 1 amide bonds. The summed E-state index contributed by atoms with van der Waals surface area (Å²) < 4.78 is 5.32. The number of benzene rings is 1. The van der Waals surface area contributed by atoms with Crippen LogP contribution in [0, 0.1) is 0 Å². The van der Waals surface area contributed by atoms with E-state index < -0.39 is 0 Å². The molecule has 0 spiro atoms. The maximum absolute atomic E-state index is 12.7. The van der Waals surface area contributed by atoms with Gasteiger partial charge in [-0.3, -0.25) is 4.79 Å². The van der Waals surface area contributed by atoms with Crippen molar-refractivity contribution in [1.82, 2.24) is 15.3 Å². The van der Waals surface area contributed by atoms with Gasteiger partial charge < -0.3 is 10.1 Å². The van der Waals surface area contributed by atoms with Crippen LogP contribution in [0.2, 0.25) is 0 Å². The minimum Gasteiger partial charge on any atom is -0.382 e. The van der Waals surface area contributed by atoms with Gasteiger partial charge in [0.25, 0.3) is 5.91 Å². The molecule has 1 aromatic heterocycles. The molecule has 5 heteroatoms. The average molecular weight is 311 g/mol. The summed E-state index contributed by atoms with van der Waals surface area (Å²) in [4.78, 5) is 21.1.